The lowest BCUT2D eigenvalue weighted by Gasteiger charge is -2.14. The molecule has 0 spiro atoms. The molecule has 5 heteroatoms. The van der Waals surface area contributed by atoms with Crippen molar-refractivity contribution in [2.24, 2.45) is 0 Å². The van der Waals surface area contributed by atoms with Crippen molar-refractivity contribution in [2.75, 3.05) is 0 Å². The molecule has 2 N–H and O–H groups in total. The summed E-state index contributed by atoms with van der Waals surface area (Å²) in [5.41, 5.74) is 0.566. The highest BCUT2D eigenvalue weighted by Crippen LogP contribution is 2.14. The maximum absolute atomic E-state index is 12.0. The molecule has 0 aliphatic heterocycles. The molecular weight excluding hydrogens is 270 g/mol. The first-order valence-electron chi connectivity index (χ1n) is 7.18. The molecule has 0 radical (unpaired) electrons. The van der Waals surface area contributed by atoms with Crippen LogP contribution in [-0.4, -0.2) is 29.1 Å². The van der Waals surface area contributed by atoms with Gasteiger partial charge in [-0.3, -0.25) is 9.59 Å². The summed E-state index contributed by atoms with van der Waals surface area (Å²) in [5.74, 6) is -0.237. The number of ether oxygens (including phenoxy) is 1. The summed E-state index contributed by atoms with van der Waals surface area (Å²) in [6.45, 7) is 5.76. The van der Waals surface area contributed by atoms with E-state index in [1.807, 2.05) is 20.8 Å². The van der Waals surface area contributed by atoms with E-state index in [0.717, 1.165) is 5.75 Å². The zero-order valence-corrected chi connectivity index (χ0v) is 12.8. The number of hydrogen-bond acceptors (Lipinski definition) is 3. The van der Waals surface area contributed by atoms with Gasteiger partial charge in [0.15, 0.2) is 0 Å². The standard InChI is InChI=1S/C16H23NO4/c1-11(2)21-14-9-7-13(8-10-14)16(20)17-12(3)5-4-6-15(18)19/h7-12H,4-6H2,1-3H3,(H,17,20)(H,18,19). The molecule has 0 aliphatic rings. The molecule has 0 saturated heterocycles. The second kappa shape index (κ2) is 8.29. The lowest BCUT2D eigenvalue weighted by molar-refractivity contribution is -0.137. The van der Waals surface area contributed by atoms with Crippen LogP contribution in [0.1, 0.15) is 50.4 Å². The van der Waals surface area contributed by atoms with E-state index in [1.54, 1.807) is 24.3 Å². The van der Waals surface area contributed by atoms with Crippen LogP contribution < -0.4 is 10.1 Å². The molecule has 1 rings (SSSR count). The number of carbonyl (C=O) groups excluding carboxylic acids is 1. The van der Waals surface area contributed by atoms with Crippen LogP contribution in [0, 0.1) is 0 Å². The Morgan fingerprint density at radius 2 is 1.81 bits per heavy atom. The van der Waals surface area contributed by atoms with Crippen molar-refractivity contribution in [2.45, 2.75) is 52.2 Å². The minimum absolute atomic E-state index is 0.0524. The fraction of sp³-hybridized carbons (Fsp3) is 0.500. The van der Waals surface area contributed by atoms with Gasteiger partial charge in [-0.2, -0.15) is 0 Å². The van der Waals surface area contributed by atoms with Crippen molar-refractivity contribution in [3.63, 3.8) is 0 Å². The number of aliphatic carboxylic acids is 1. The Kier molecular flexibility index (Phi) is 6.72. The average molecular weight is 293 g/mol. The quantitative estimate of drug-likeness (QED) is 0.772. The van der Waals surface area contributed by atoms with Crippen LogP contribution >= 0.6 is 0 Å². The number of hydrogen-bond donors (Lipinski definition) is 2. The van der Waals surface area contributed by atoms with E-state index in [1.165, 1.54) is 0 Å². The topological polar surface area (TPSA) is 75.6 Å². The van der Waals surface area contributed by atoms with Crippen LogP contribution in [-0.2, 0) is 4.79 Å². The lowest BCUT2D eigenvalue weighted by atomic mass is 10.1. The van der Waals surface area contributed by atoms with Crippen molar-refractivity contribution in [1.82, 2.24) is 5.32 Å². The van der Waals surface area contributed by atoms with E-state index in [0.29, 0.717) is 18.4 Å². The molecule has 0 bridgehead atoms. The Balaban J connectivity index is 2.45. The number of carboxylic acid groups (broad SMARTS) is 1. The highest BCUT2D eigenvalue weighted by molar-refractivity contribution is 5.94. The Morgan fingerprint density at radius 3 is 2.33 bits per heavy atom. The summed E-state index contributed by atoms with van der Waals surface area (Å²) in [6, 6.07) is 6.92. The molecule has 0 heterocycles. The van der Waals surface area contributed by atoms with E-state index in [4.69, 9.17) is 9.84 Å². The third-order valence-electron chi connectivity index (χ3n) is 2.89. The number of amides is 1. The smallest absolute Gasteiger partial charge is 0.303 e. The molecule has 1 aromatic carbocycles. The van der Waals surface area contributed by atoms with Crippen molar-refractivity contribution in [1.29, 1.82) is 0 Å². The summed E-state index contributed by atoms with van der Waals surface area (Å²) in [7, 11) is 0. The Morgan fingerprint density at radius 1 is 1.19 bits per heavy atom. The number of benzene rings is 1. The van der Waals surface area contributed by atoms with E-state index < -0.39 is 5.97 Å². The van der Waals surface area contributed by atoms with Gasteiger partial charge in [0.2, 0.25) is 0 Å². The second-order valence-electron chi connectivity index (χ2n) is 5.35. The first-order valence-corrected chi connectivity index (χ1v) is 7.18. The summed E-state index contributed by atoms with van der Waals surface area (Å²) < 4.78 is 5.52. The minimum Gasteiger partial charge on any atom is -0.491 e. The lowest BCUT2D eigenvalue weighted by Crippen LogP contribution is -2.32. The third kappa shape index (κ3) is 6.79. The third-order valence-corrected chi connectivity index (χ3v) is 2.89. The van der Waals surface area contributed by atoms with Gasteiger partial charge in [0.1, 0.15) is 5.75 Å². The van der Waals surface area contributed by atoms with Gasteiger partial charge in [0.25, 0.3) is 5.91 Å². The van der Waals surface area contributed by atoms with Gasteiger partial charge in [-0.05, 0) is 57.9 Å². The van der Waals surface area contributed by atoms with E-state index in [9.17, 15) is 9.59 Å². The Bertz CT molecular complexity index is 468. The first kappa shape index (κ1) is 17.0. The zero-order valence-electron chi connectivity index (χ0n) is 12.8. The molecule has 0 saturated carbocycles. The normalized spacial score (nSPS) is 12.0. The predicted molar refractivity (Wildman–Crippen MR) is 80.6 cm³/mol. The molecule has 0 aromatic heterocycles. The number of rotatable bonds is 8. The van der Waals surface area contributed by atoms with Gasteiger partial charge in [-0.15, -0.1) is 0 Å². The van der Waals surface area contributed by atoms with Crippen LogP contribution in [0.15, 0.2) is 24.3 Å². The summed E-state index contributed by atoms with van der Waals surface area (Å²) in [5, 5.41) is 11.4. The largest absolute Gasteiger partial charge is 0.491 e. The summed E-state index contributed by atoms with van der Waals surface area (Å²) in [4.78, 5) is 22.5. The first-order chi connectivity index (χ1) is 9.88. The molecule has 1 amide bonds. The molecule has 1 aromatic rings. The summed E-state index contributed by atoms with van der Waals surface area (Å²) >= 11 is 0. The molecular formula is C16H23NO4. The van der Waals surface area contributed by atoms with Crippen molar-refractivity contribution < 1.29 is 19.4 Å². The van der Waals surface area contributed by atoms with Crippen LogP contribution in [0.4, 0.5) is 0 Å². The molecule has 0 fully saturated rings. The van der Waals surface area contributed by atoms with Crippen LogP contribution in [0.25, 0.3) is 0 Å². The SMILES string of the molecule is CC(CCCC(=O)O)NC(=O)c1ccc(OC(C)C)cc1. The molecule has 21 heavy (non-hydrogen) atoms. The van der Waals surface area contributed by atoms with E-state index >= 15 is 0 Å². The fourth-order valence-electron chi connectivity index (χ4n) is 1.90. The minimum atomic E-state index is -0.811. The van der Waals surface area contributed by atoms with Gasteiger partial charge < -0.3 is 15.2 Å². The Hall–Kier alpha value is -2.04. The summed E-state index contributed by atoms with van der Waals surface area (Å²) in [6.07, 6.45) is 1.42. The number of carbonyl (C=O) groups is 2. The maximum atomic E-state index is 12.0. The highest BCUT2D eigenvalue weighted by atomic mass is 16.5. The van der Waals surface area contributed by atoms with Crippen molar-refractivity contribution in [3.05, 3.63) is 29.8 Å². The van der Waals surface area contributed by atoms with Gasteiger partial charge in [-0.1, -0.05) is 0 Å². The van der Waals surface area contributed by atoms with E-state index in [-0.39, 0.29) is 24.5 Å². The highest BCUT2D eigenvalue weighted by Gasteiger charge is 2.10. The average Bonchev–Trinajstić information content (AvgIpc) is 2.38. The molecule has 116 valence electrons. The van der Waals surface area contributed by atoms with Crippen molar-refractivity contribution in [3.8, 4) is 5.75 Å². The van der Waals surface area contributed by atoms with Crippen LogP contribution in [0.3, 0.4) is 0 Å². The van der Waals surface area contributed by atoms with Gasteiger partial charge in [0.05, 0.1) is 6.10 Å². The van der Waals surface area contributed by atoms with E-state index in [2.05, 4.69) is 5.32 Å². The van der Waals surface area contributed by atoms with Gasteiger partial charge >= 0.3 is 5.97 Å². The van der Waals surface area contributed by atoms with Crippen molar-refractivity contribution >= 4 is 11.9 Å². The number of carboxylic acids is 1. The Labute approximate surface area is 125 Å². The van der Waals surface area contributed by atoms with Gasteiger partial charge in [0, 0.05) is 18.0 Å². The van der Waals surface area contributed by atoms with Gasteiger partial charge in [-0.25, -0.2) is 0 Å². The molecule has 1 unspecified atom stereocenters. The molecule has 5 nitrogen and oxygen atoms in total. The zero-order chi connectivity index (χ0) is 15.8. The number of nitrogens with one attached hydrogen (secondary N) is 1. The molecule has 1 atom stereocenters. The monoisotopic (exact) mass is 293 g/mol. The second-order valence-corrected chi connectivity index (χ2v) is 5.35. The predicted octanol–water partition coefficient (Wildman–Crippen LogP) is 2.85. The molecule has 0 aliphatic carbocycles. The van der Waals surface area contributed by atoms with Crippen LogP contribution in [0.5, 0.6) is 5.75 Å². The maximum Gasteiger partial charge on any atom is 0.303 e. The fourth-order valence-corrected chi connectivity index (χ4v) is 1.90. The van der Waals surface area contributed by atoms with Crippen LogP contribution in [0.2, 0.25) is 0 Å².